The SMILES string of the molecule is O=C(COC(=O)c1cc(Cl)c[nH]1)NCc1ccc2c(c1)OCO2. The van der Waals surface area contributed by atoms with E-state index < -0.39 is 11.9 Å². The van der Waals surface area contributed by atoms with Crippen LogP contribution in [0.25, 0.3) is 0 Å². The summed E-state index contributed by atoms with van der Waals surface area (Å²) in [7, 11) is 0. The van der Waals surface area contributed by atoms with Gasteiger partial charge in [0.05, 0.1) is 5.02 Å². The highest BCUT2D eigenvalue weighted by Crippen LogP contribution is 2.32. The number of H-pyrrole nitrogens is 1. The van der Waals surface area contributed by atoms with Crippen LogP contribution in [0.2, 0.25) is 5.02 Å². The summed E-state index contributed by atoms with van der Waals surface area (Å²) in [6.07, 6.45) is 1.46. The average Bonchev–Trinajstić information content (AvgIpc) is 3.18. The van der Waals surface area contributed by atoms with E-state index in [0.717, 1.165) is 5.56 Å². The fourth-order valence-electron chi connectivity index (χ4n) is 2.00. The van der Waals surface area contributed by atoms with Crippen LogP contribution < -0.4 is 14.8 Å². The minimum Gasteiger partial charge on any atom is -0.454 e. The van der Waals surface area contributed by atoms with Gasteiger partial charge in [0, 0.05) is 12.7 Å². The summed E-state index contributed by atoms with van der Waals surface area (Å²) >= 11 is 5.69. The van der Waals surface area contributed by atoms with E-state index in [2.05, 4.69) is 10.3 Å². The average molecular weight is 337 g/mol. The molecule has 2 aromatic rings. The van der Waals surface area contributed by atoms with Crippen LogP contribution in [0, 0.1) is 0 Å². The number of hydrogen-bond acceptors (Lipinski definition) is 5. The highest BCUT2D eigenvalue weighted by molar-refractivity contribution is 6.30. The van der Waals surface area contributed by atoms with E-state index in [0.29, 0.717) is 23.1 Å². The molecule has 2 N–H and O–H groups in total. The van der Waals surface area contributed by atoms with E-state index in [9.17, 15) is 9.59 Å². The fourth-order valence-corrected chi connectivity index (χ4v) is 2.16. The van der Waals surface area contributed by atoms with Crippen molar-refractivity contribution >= 4 is 23.5 Å². The van der Waals surface area contributed by atoms with Crippen molar-refractivity contribution in [1.29, 1.82) is 0 Å². The van der Waals surface area contributed by atoms with Gasteiger partial charge in [0.2, 0.25) is 6.79 Å². The molecule has 8 heteroatoms. The van der Waals surface area contributed by atoms with E-state index in [1.807, 2.05) is 6.07 Å². The van der Waals surface area contributed by atoms with Crippen LogP contribution in [0.1, 0.15) is 16.1 Å². The Balaban J connectivity index is 1.45. The zero-order valence-corrected chi connectivity index (χ0v) is 12.7. The number of hydrogen-bond donors (Lipinski definition) is 2. The summed E-state index contributed by atoms with van der Waals surface area (Å²) in [6, 6.07) is 6.81. The molecule has 1 aliphatic rings. The van der Waals surface area contributed by atoms with Gasteiger partial charge in [-0.25, -0.2) is 4.79 Å². The molecule has 3 rings (SSSR count). The maximum Gasteiger partial charge on any atom is 0.355 e. The third-order valence-corrected chi connectivity index (χ3v) is 3.35. The maximum atomic E-state index is 11.7. The van der Waals surface area contributed by atoms with Crippen molar-refractivity contribution in [3.63, 3.8) is 0 Å². The third kappa shape index (κ3) is 3.75. The molecule has 0 saturated heterocycles. The molecule has 0 fully saturated rings. The van der Waals surface area contributed by atoms with Crippen molar-refractivity contribution in [3.05, 3.63) is 46.7 Å². The van der Waals surface area contributed by atoms with Crippen LogP contribution in [-0.2, 0) is 16.1 Å². The predicted molar refractivity (Wildman–Crippen MR) is 80.5 cm³/mol. The normalized spacial score (nSPS) is 12.0. The second kappa shape index (κ2) is 6.62. The first-order valence-corrected chi connectivity index (χ1v) is 7.16. The van der Waals surface area contributed by atoms with Crippen molar-refractivity contribution in [3.8, 4) is 11.5 Å². The largest absolute Gasteiger partial charge is 0.454 e. The number of halogens is 1. The Hall–Kier alpha value is -2.67. The van der Waals surface area contributed by atoms with E-state index >= 15 is 0 Å². The summed E-state index contributed by atoms with van der Waals surface area (Å²) in [6.45, 7) is 0.116. The van der Waals surface area contributed by atoms with Gasteiger partial charge in [0.1, 0.15) is 5.69 Å². The predicted octanol–water partition coefficient (Wildman–Crippen LogP) is 1.87. The first kappa shape index (κ1) is 15.2. The summed E-state index contributed by atoms with van der Waals surface area (Å²) < 4.78 is 15.3. The lowest BCUT2D eigenvalue weighted by Gasteiger charge is -2.07. The first-order valence-electron chi connectivity index (χ1n) is 6.78. The molecule has 120 valence electrons. The molecule has 2 heterocycles. The molecule has 23 heavy (non-hydrogen) atoms. The number of rotatable bonds is 5. The summed E-state index contributed by atoms with van der Waals surface area (Å²) in [5, 5.41) is 3.05. The number of aromatic amines is 1. The highest BCUT2D eigenvalue weighted by Gasteiger charge is 2.14. The molecule has 0 atom stereocenters. The molecule has 0 spiro atoms. The van der Waals surface area contributed by atoms with Crippen molar-refractivity contribution < 1.29 is 23.8 Å². The molecule has 0 unspecified atom stereocenters. The zero-order chi connectivity index (χ0) is 16.2. The lowest BCUT2D eigenvalue weighted by atomic mass is 10.2. The van der Waals surface area contributed by atoms with Gasteiger partial charge in [0.25, 0.3) is 5.91 Å². The van der Waals surface area contributed by atoms with Gasteiger partial charge in [-0.2, -0.15) is 0 Å². The fraction of sp³-hybridized carbons (Fsp3) is 0.200. The highest BCUT2D eigenvalue weighted by atomic mass is 35.5. The minimum absolute atomic E-state index is 0.193. The van der Waals surface area contributed by atoms with Crippen LogP contribution in [-0.4, -0.2) is 30.3 Å². The number of fused-ring (bicyclic) bond motifs is 1. The van der Waals surface area contributed by atoms with Gasteiger partial charge in [-0.15, -0.1) is 0 Å². The number of ether oxygens (including phenoxy) is 3. The van der Waals surface area contributed by atoms with Crippen LogP contribution >= 0.6 is 11.6 Å². The van der Waals surface area contributed by atoms with E-state index in [1.165, 1.54) is 12.3 Å². The van der Waals surface area contributed by atoms with Crippen LogP contribution in [0.3, 0.4) is 0 Å². The van der Waals surface area contributed by atoms with Crippen LogP contribution in [0.15, 0.2) is 30.5 Å². The smallest absolute Gasteiger partial charge is 0.355 e. The Morgan fingerprint density at radius 3 is 2.87 bits per heavy atom. The number of aromatic nitrogens is 1. The third-order valence-electron chi connectivity index (χ3n) is 3.13. The number of carbonyl (C=O) groups excluding carboxylic acids is 2. The Kier molecular flexibility index (Phi) is 4.38. The molecule has 0 radical (unpaired) electrons. The van der Waals surface area contributed by atoms with Gasteiger partial charge in [-0.1, -0.05) is 17.7 Å². The van der Waals surface area contributed by atoms with Gasteiger partial charge in [-0.3, -0.25) is 4.79 Å². The monoisotopic (exact) mass is 336 g/mol. The molecule has 7 nitrogen and oxygen atoms in total. The second-order valence-corrected chi connectivity index (χ2v) is 5.21. The van der Waals surface area contributed by atoms with E-state index in [4.69, 9.17) is 25.8 Å². The van der Waals surface area contributed by atoms with Crippen LogP contribution in [0.4, 0.5) is 0 Å². The first-order chi connectivity index (χ1) is 11.1. The van der Waals surface area contributed by atoms with Crippen molar-refractivity contribution in [2.45, 2.75) is 6.54 Å². The Labute approximate surface area is 136 Å². The quantitative estimate of drug-likeness (QED) is 0.814. The lowest BCUT2D eigenvalue weighted by molar-refractivity contribution is -0.124. The molecule has 0 bridgehead atoms. The molecule has 0 aliphatic carbocycles. The topological polar surface area (TPSA) is 89.7 Å². The van der Waals surface area contributed by atoms with Crippen molar-refractivity contribution in [1.82, 2.24) is 10.3 Å². The van der Waals surface area contributed by atoms with Gasteiger partial charge >= 0.3 is 5.97 Å². The van der Waals surface area contributed by atoms with Gasteiger partial charge < -0.3 is 24.5 Å². The summed E-state index contributed by atoms with van der Waals surface area (Å²) in [5.41, 5.74) is 1.05. The Morgan fingerprint density at radius 2 is 2.09 bits per heavy atom. The second-order valence-electron chi connectivity index (χ2n) is 4.77. The Bertz CT molecular complexity index is 743. The lowest BCUT2D eigenvalue weighted by Crippen LogP contribution is -2.28. The number of carbonyl (C=O) groups is 2. The van der Waals surface area contributed by atoms with E-state index in [1.54, 1.807) is 12.1 Å². The molecule has 1 aromatic heterocycles. The number of nitrogens with one attached hydrogen (secondary N) is 2. The molecule has 1 aromatic carbocycles. The number of esters is 1. The molecule has 0 saturated carbocycles. The maximum absolute atomic E-state index is 11.7. The molecule has 1 aliphatic heterocycles. The molecular weight excluding hydrogens is 324 g/mol. The summed E-state index contributed by atoms with van der Waals surface area (Å²) in [5.74, 6) is 0.272. The van der Waals surface area contributed by atoms with Crippen LogP contribution in [0.5, 0.6) is 11.5 Å². The number of benzene rings is 1. The van der Waals surface area contributed by atoms with Gasteiger partial charge in [0.15, 0.2) is 18.1 Å². The van der Waals surface area contributed by atoms with E-state index in [-0.39, 0.29) is 19.1 Å². The van der Waals surface area contributed by atoms with Gasteiger partial charge in [-0.05, 0) is 23.8 Å². The molecule has 1 amide bonds. The minimum atomic E-state index is -0.643. The number of amides is 1. The standard InChI is InChI=1S/C15H13ClN2O5/c16-10-4-11(17-6-10)15(20)21-7-14(19)18-5-9-1-2-12-13(3-9)23-8-22-12/h1-4,6,17H,5,7-8H2,(H,18,19). The van der Waals surface area contributed by atoms with Crippen molar-refractivity contribution in [2.75, 3.05) is 13.4 Å². The molecular formula is C15H13ClN2O5. The summed E-state index contributed by atoms with van der Waals surface area (Å²) in [4.78, 5) is 26.0. The Morgan fingerprint density at radius 1 is 1.26 bits per heavy atom. The zero-order valence-electron chi connectivity index (χ0n) is 11.9. The van der Waals surface area contributed by atoms with Crippen molar-refractivity contribution in [2.24, 2.45) is 0 Å².